The van der Waals surface area contributed by atoms with Gasteiger partial charge in [0.1, 0.15) is 5.82 Å². The number of benzene rings is 1. The van der Waals surface area contributed by atoms with Crippen LogP contribution in [0.3, 0.4) is 0 Å². The van der Waals surface area contributed by atoms with E-state index in [0.29, 0.717) is 0 Å². The van der Waals surface area contributed by atoms with Crippen LogP contribution in [0, 0.1) is 5.82 Å². The molecule has 130 valence electrons. The standard InChI is InChI=1S/C11H10Cl2FN4O5P/c1-5(23-24(20,21)22)18-16-9(10(13)17-18)11(19)15-8-3-2-6(14)4-7(8)12/h2-5H,1H3,(H,15,19)(H2,20,21,22). The number of aromatic nitrogens is 3. The van der Waals surface area contributed by atoms with Gasteiger partial charge in [-0.05, 0) is 25.1 Å². The molecule has 9 nitrogen and oxygen atoms in total. The minimum Gasteiger partial charge on any atom is -0.319 e. The second-order valence-corrected chi connectivity index (χ2v) is 6.39. The minimum absolute atomic E-state index is 0.0370. The van der Waals surface area contributed by atoms with E-state index in [9.17, 15) is 13.8 Å². The molecule has 2 aromatic rings. The maximum absolute atomic E-state index is 13.0. The molecule has 1 heterocycles. The third-order valence-electron chi connectivity index (χ3n) is 2.60. The van der Waals surface area contributed by atoms with Gasteiger partial charge in [0.15, 0.2) is 17.1 Å². The summed E-state index contributed by atoms with van der Waals surface area (Å²) in [5.74, 6) is -1.38. The molecule has 1 amide bonds. The lowest BCUT2D eigenvalue weighted by Gasteiger charge is -2.11. The van der Waals surface area contributed by atoms with Gasteiger partial charge in [0.05, 0.1) is 10.7 Å². The molecule has 0 bridgehead atoms. The molecule has 3 N–H and O–H groups in total. The summed E-state index contributed by atoms with van der Waals surface area (Å²) in [5.41, 5.74) is -0.216. The minimum atomic E-state index is -4.78. The van der Waals surface area contributed by atoms with Gasteiger partial charge in [-0.25, -0.2) is 8.96 Å². The Balaban J connectivity index is 2.20. The lowest BCUT2D eigenvalue weighted by molar-refractivity contribution is 0.0764. The molecule has 1 aromatic carbocycles. The molecule has 0 aliphatic heterocycles. The Labute approximate surface area is 144 Å². The van der Waals surface area contributed by atoms with Gasteiger partial charge in [0, 0.05) is 0 Å². The van der Waals surface area contributed by atoms with Gasteiger partial charge < -0.3 is 15.1 Å². The first-order valence-electron chi connectivity index (χ1n) is 6.19. The predicted molar refractivity (Wildman–Crippen MR) is 82.2 cm³/mol. The predicted octanol–water partition coefficient (Wildman–Crippen LogP) is 2.60. The lowest BCUT2D eigenvalue weighted by Crippen LogP contribution is -2.16. The summed E-state index contributed by atoms with van der Waals surface area (Å²) >= 11 is 11.6. The second kappa shape index (κ2) is 7.14. The summed E-state index contributed by atoms with van der Waals surface area (Å²) in [7, 11) is -4.78. The number of amides is 1. The molecule has 2 rings (SSSR count). The largest absolute Gasteiger partial charge is 0.471 e. The van der Waals surface area contributed by atoms with Crippen LogP contribution in [-0.4, -0.2) is 30.7 Å². The Bertz CT molecular complexity index is 827. The number of hydrogen-bond acceptors (Lipinski definition) is 5. The van der Waals surface area contributed by atoms with Crippen LogP contribution >= 0.6 is 31.0 Å². The first-order valence-corrected chi connectivity index (χ1v) is 8.48. The molecule has 24 heavy (non-hydrogen) atoms. The highest BCUT2D eigenvalue weighted by Crippen LogP contribution is 2.40. The molecule has 0 fully saturated rings. The smallest absolute Gasteiger partial charge is 0.319 e. The average Bonchev–Trinajstić information content (AvgIpc) is 2.82. The van der Waals surface area contributed by atoms with Crippen molar-refractivity contribution < 1.29 is 28.1 Å². The molecule has 0 radical (unpaired) electrons. The summed E-state index contributed by atoms with van der Waals surface area (Å²) in [4.78, 5) is 30.3. The molecule has 0 aliphatic carbocycles. The number of carbonyl (C=O) groups excluding carboxylic acids is 1. The molecular formula is C11H10Cl2FN4O5P. The Morgan fingerprint density at radius 3 is 2.67 bits per heavy atom. The number of phosphoric acid groups is 1. The highest BCUT2D eigenvalue weighted by molar-refractivity contribution is 7.46. The summed E-state index contributed by atoms with van der Waals surface area (Å²) in [6.45, 7) is 1.24. The van der Waals surface area contributed by atoms with Crippen LogP contribution < -0.4 is 5.32 Å². The highest BCUT2D eigenvalue weighted by atomic mass is 35.5. The van der Waals surface area contributed by atoms with Crippen LogP contribution in [0.1, 0.15) is 23.6 Å². The van der Waals surface area contributed by atoms with E-state index in [2.05, 4.69) is 20.0 Å². The SMILES string of the molecule is CC(OP(=O)(O)O)n1nc(Cl)c(C(=O)Nc2ccc(F)cc2Cl)n1. The van der Waals surface area contributed by atoms with E-state index in [1.54, 1.807) is 0 Å². The van der Waals surface area contributed by atoms with Crippen LogP contribution in [0.4, 0.5) is 10.1 Å². The van der Waals surface area contributed by atoms with Crippen molar-refractivity contribution in [1.29, 1.82) is 0 Å². The Hall–Kier alpha value is -1.55. The Kier molecular flexibility index (Phi) is 5.59. The zero-order valence-corrected chi connectivity index (χ0v) is 14.3. The first kappa shape index (κ1) is 18.8. The number of halogens is 3. The van der Waals surface area contributed by atoms with Crippen molar-refractivity contribution >= 4 is 42.6 Å². The summed E-state index contributed by atoms with van der Waals surface area (Å²) < 4.78 is 28.1. The fraction of sp³-hybridized carbons (Fsp3) is 0.182. The summed E-state index contributed by atoms with van der Waals surface area (Å²) in [5, 5.41) is 9.35. The molecule has 13 heteroatoms. The second-order valence-electron chi connectivity index (χ2n) is 4.43. The van der Waals surface area contributed by atoms with E-state index < -0.39 is 25.8 Å². The fourth-order valence-corrected chi connectivity index (χ4v) is 2.52. The van der Waals surface area contributed by atoms with Gasteiger partial charge in [-0.2, -0.15) is 4.80 Å². The number of nitrogens with zero attached hydrogens (tertiary/aromatic N) is 3. The number of nitrogens with one attached hydrogen (secondary N) is 1. The van der Waals surface area contributed by atoms with E-state index in [1.807, 2.05) is 0 Å². The lowest BCUT2D eigenvalue weighted by atomic mass is 10.3. The van der Waals surface area contributed by atoms with Crippen molar-refractivity contribution in [3.8, 4) is 0 Å². The van der Waals surface area contributed by atoms with Crippen LogP contribution in [0.25, 0.3) is 0 Å². The number of rotatable bonds is 5. The maximum Gasteiger partial charge on any atom is 0.471 e. The van der Waals surface area contributed by atoms with Crippen LogP contribution in [0.5, 0.6) is 0 Å². The zero-order chi connectivity index (χ0) is 18.1. The summed E-state index contributed by atoms with van der Waals surface area (Å²) in [6, 6.07) is 3.34. The number of phosphoric ester groups is 1. The number of anilines is 1. The average molecular weight is 399 g/mol. The number of carbonyl (C=O) groups is 1. The molecule has 1 atom stereocenters. The third-order valence-corrected chi connectivity index (χ3v) is 3.74. The van der Waals surface area contributed by atoms with Gasteiger partial charge in [0.2, 0.25) is 0 Å². The van der Waals surface area contributed by atoms with Gasteiger partial charge in [-0.1, -0.05) is 23.2 Å². The van der Waals surface area contributed by atoms with Crippen molar-refractivity contribution in [3.63, 3.8) is 0 Å². The zero-order valence-electron chi connectivity index (χ0n) is 11.9. The van der Waals surface area contributed by atoms with Gasteiger partial charge in [-0.3, -0.25) is 9.32 Å². The van der Waals surface area contributed by atoms with Gasteiger partial charge in [-0.15, -0.1) is 10.2 Å². The number of hydrogen-bond donors (Lipinski definition) is 3. The Morgan fingerprint density at radius 1 is 1.42 bits per heavy atom. The van der Waals surface area contributed by atoms with Crippen LogP contribution in [-0.2, 0) is 9.09 Å². The maximum atomic E-state index is 13.0. The van der Waals surface area contributed by atoms with Crippen molar-refractivity contribution in [1.82, 2.24) is 15.0 Å². The Morgan fingerprint density at radius 2 is 2.08 bits per heavy atom. The summed E-state index contributed by atoms with van der Waals surface area (Å²) in [6.07, 6.45) is -1.28. The van der Waals surface area contributed by atoms with Gasteiger partial charge >= 0.3 is 7.82 Å². The molecule has 0 saturated heterocycles. The van der Waals surface area contributed by atoms with E-state index in [-0.39, 0.29) is 21.6 Å². The third kappa shape index (κ3) is 4.73. The van der Waals surface area contributed by atoms with Crippen LogP contribution in [0.2, 0.25) is 10.2 Å². The quantitative estimate of drug-likeness (QED) is 0.660. The molecular weight excluding hydrogens is 389 g/mol. The normalized spacial score (nSPS) is 12.9. The molecule has 1 unspecified atom stereocenters. The topological polar surface area (TPSA) is 127 Å². The van der Waals surface area contributed by atoms with Crippen molar-refractivity contribution in [2.45, 2.75) is 13.2 Å². The van der Waals surface area contributed by atoms with Crippen molar-refractivity contribution in [3.05, 3.63) is 39.9 Å². The first-order chi connectivity index (χ1) is 11.1. The molecule has 0 spiro atoms. The van der Waals surface area contributed by atoms with Crippen LogP contribution in [0.15, 0.2) is 18.2 Å². The molecule has 0 saturated carbocycles. The van der Waals surface area contributed by atoms with Crippen molar-refractivity contribution in [2.75, 3.05) is 5.32 Å². The fourth-order valence-electron chi connectivity index (χ4n) is 1.62. The van der Waals surface area contributed by atoms with E-state index in [1.165, 1.54) is 13.0 Å². The van der Waals surface area contributed by atoms with E-state index >= 15 is 0 Å². The van der Waals surface area contributed by atoms with Crippen molar-refractivity contribution in [2.24, 2.45) is 0 Å². The van der Waals surface area contributed by atoms with Gasteiger partial charge in [0.25, 0.3) is 5.91 Å². The monoisotopic (exact) mass is 398 g/mol. The highest BCUT2D eigenvalue weighted by Gasteiger charge is 2.25. The molecule has 0 aliphatic rings. The van der Waals surface area contributed by atoms with E-state index in [0.717, 1.165) is 16.9 Å². The molecule has 1 aromatic heterocycles. The van der Waals surface area contributed by atoms with E-state index in [4.69, 9.17) is 33.0 Å².